The molecule has 0 aliphatic rings. The Labute approximate surface area is 126 Å². The number of pyridine rings is 1. The van der Waals surface area contributed by atoms with E-state index in [2.05, 4.69) is 15.3 Å². The molecule has 2 heterocycles. The number of fused-ring (bicyclic) bond motifs is 1. The highest BCUT2D eigenvalue weighted by molar-refractivity contribution is 5.80. The van der Waals surface area contributed by atoms with E-state index in [0.717, 1.165) is 22.3 Å². The van der Waals surface area contributed by atoms with Gasteiger partial charge in [-0.2, -0.15) is 0 Å². The van der Waals surface area contributed by atoms with Crippen LogP contribution in [-0.2, 0) is 0 Å². The molecular weight excluding hydrogens is 276 g/mol. The van der Waals surface area contributed by atoms with Crippen LogP contribution >= 0.6 is 0 Å². The number of phenols is 1. The van der Waals surface area contributed by atoms with Crippen LogP contribution in [0.25, 0.3) is 28.0 Å². The van der Waals surface area contributed by atoms with Crippen LogP contribution < -0.4 is 0 Å². The predicted octanol–water partition coefficient (Wildman–Crippen LogP) is 3.19. The fourth-order valence-electron chi connectivity index (χ4n) is 2.32. The van der Waals surface area contributed by atoms with E-state index in [0.29, 0.717) is 5.69 Å². The lowest BCUT2D eigenvalue weighted by molar-refractivity contribution is 0.475. The summed E-state index contributed by atoms with van der Waals surface area (Å²) >= 11 is 0. The van der Waals surface area contributed by atoms with Gasteiger partial charge in [-0.25, -0.2) is 9.67 Å². The van der Waals surface area contributed by atoms with Gasteiger partial charge in [-0.05, 0) is 36.4 Å². The zero-order valence-corrected chi connectivity index (χ0v) is 11.6. The number of rotatable bonds is 2. The molecule has 0 bridgehead atoms. The number of para-hydroxylation sites is 1. The molecule has 2 aromatic carbocycles. The fourth-order valence-corrected chi connectivity index (χ4v) is 2.32. The molecule has 0 aliphatic carbocycles. The Hall–Kier alpha value is -3.21. The highest BCUT2D eigenvalue weighted by Crippen LogP contribution is 2.20. The SMILES string of the molecule is Oc1ccc(-n2cc(-c3ccc4ccccc4n3)nn2)cc1. The van der Waals surface area contributed by atoms with Crippen LogP contribution in [0.4, 0.5) is 0 Å². The van der Waals surface area contributed by atoms with Crippen molar-refractivity contribution in [2.45, 2.75) is 0 Å². The molecule has 0 aliphatic heterocycles. The Morgan fingerprint density at radius 3 is 2.50 bits per heavy atom. The first-order valence-corrected chi connectivity index (χ1v) is 6.87. The van der Waals surface area contributed by atoms with Crippen molar-refractivity contribution in [1.82, 2.24) is 20.0 Å². The van der Waals surface area contributed by atoms with Gasteiger partial charge < -0.3 is 5.11 Å². The molecule has 0 atom stereocenters. The first-order chi connectivity index (χ1) is 10.8. The summed E-state index contributed by atoms with van der Waals surface area (Å²) in [5, 5.41) is 18.7. The van der Waals surface area contributed by atoms with Crippen molar-refractivity contribution in [3.63, 3.8) is 0 Å². The van der Waals surface area contributed by atoms with E-state index in [9.17, 15) is 5.11 Å². The number of hydrogen-bond acceptors (Lipinski definition) is 4. The molecule has 5 heteroatoms. The minimum Gasteiger partial charge on any atom is -0.508 e. The second-order valence-corrected chi connectivity index (χ2v) is 4.95. The first kappa shape index (κ1) is 12.5. The maximum atomic E-state index is 9.33. The van der Waals surface area contributed by atoms with Crippen LogP contribution in [0.2, 0.25) is 0 Å². The summed E-state index contributed by atoms with van der Waals surface area (Å²) in [6.07, 6.45) is 1.82. The molecule has 0 amide bonds. The van der Waals surface area contributed by atoms with Crippen LogP contribution in [0.3, 0.4) is 0 Å². The van der Waals surface area contributed by atoms with Gasteiger partial charge in [-0.1, -0.05) is 29.5 Å². The van der Waals surface area contributed by atoms with Gasteiger partial charge in [0, 0.05) is 5.39 Å². The average molecular weight is 288 g/mol. The smallest absolute Gasteiger partial charge is 0.131 e. The third-order valence-corrected chi connectivity index (χ3v) is 3.47. The summed E-state index contributed by atoms with van der Waals surface area (Å²) in [6, 6.07) is 18.7. The summed E-state index contributed by atoms with van der Waals surface area (Å²) in [6.45, 7) is 0. The number of hydrogen-bond donors (Lipinski definition) is 1. The highest BCUT2D eigenvalue weighted by Gasteiger charge is 2.07. The van der Waals surface area contributed by atoms with Crippen molar-refractivity contribution in [3.8, 4) is 22.8 Å². The molecule has 106 valence electrons. The van der Waals surface area contributed by atoms with Crippen LogP contribution in [0.15, 0.2) is 66.9 Å². The van der Waals surface area contributed by atoms with Crippen molar-refractivity contribution >= 4 is 10.9 Å². The van der Waals surface area contributed by atoms with Crippen molar-refractivity contribution in [2.24, 2.45) is 0 Å². The number of phenolic OH excluding ortho intramolecular Hbond substituents is 1. The minimum absolute atomic E-state index is 0.222. The lowest BCUT2D eigenvalue weighted by atomic mass is 10.2. The van der Waals surface area contributed by atoms with Gasteiger partial charge in [-0.15, -0.1) is 5.10 Å². The van der Waals surface area contributed by atoms with Crippen LogP contribution in [0.5, 0.6) is 5.75 Å². The molecule has 0 fully saturated rings. The largest absolute Gasteiger partial charge is 0.508 e. The Balaban J connectivity index is 1.74. The molecule has 1 N–H and O–H groups in total. The monoisotopic (exact) mass is 288 g/mol. The third kappa shape index (κ3) is 2.18. The van der Waals surface area contributed by atoms with E-state index < -0.39 is 0 Å². The van der Waals surface area contributed by atoms with Gasteiger partial charge in [-0.3, -0.25) is 0 Å². The molecule has 5 nitrogen and oxygen atoms in total. The molecule has 0 radical (unpaired) electrons. The summed E-state index contributed by atoms with van der Waals surface area (Å²) in [5.41, 5.74) is 3.25. The maximum Gasteiger partial charge on any atom is 0.131 e. The van der Waals surface area contributed by atoms with Crippen LogP contribution in [0, 0.1) is 0 Å². The molecular formula is C17H12N4O. The van der Waals surface area contributed by atoms with Crippen LogP contribution in [-0.4, -0.2) is 25.1 Å². The van der Waals surface area contributed by atoms with Gasteiger partial charge in [0.2, 0.25) is 0 Å². The molecule has 0 saturated carbocycles. The van der Waals surface area contributed by atoms with Crippen molar-refractivity contribution < 1.29 is 5.11 Å². The highest BCUT2D eigenvalue weighted by atomic mass is 16.3. The van der Waals surface area contributed by atoms with E-state index >= 15 is 0 Å². The second kappa shape index (κ2) is 4.96. The normalized spacial score (nSPS) is 10.9. The Morgan fingerprint density at radius 1 is 0.818 bits per heavy atom. The average Bonchev–Trinajstić information content (AvgIpc) is 3.05. The quantitative estimate of drug-likeness (QED) is 0.615. The lowest BCUT2D eigenvalue weighted by Gasteiger charge is -2.00. The number of aromatic nitrogens is 4. The molecule has 4 rings (SSSR count). The van der Waals surface area contributed by atoms with E-state index in [1.165, 1.54) is 0 Å². The molecule has 2 aromatic heterocycles. The van der Waals surface area contributed by atoms with Crippen LogP contribution in [0.1, 0.15) is 0 Å². The Bertz CT molecular complexity index is 944. The standard InChI is InChI=1S/C17H12N4O/c22-14-8-6-13(7-9-14)21-11-17(19-20-21)16-10-5-12-3-1-2-4-15(12)18-16/h1-11,22H. The van der Waals surface area contributed by atoms with E-state index in [1.54, 1.807) is 28.9 Å². The third-order valence-electron chi connectivity index (χ3n) is 3.47. The topological polar surface area (TPSA) is 63.8 Å². The maximum absolute atomic E-state index is 9.33. The lowest BCUT2D eigenvalue weighted by Crippen LogP contribution is -1.93. The molecule has 0 saturated heterocycles. The fraction of sp³-hybridized carbons (Fsp3) is 0. The van der Waals surface area contributed by atoms with E-state index in [-0.39, 0.29) is 5.75 Å². The Morgan fingerprint density at radius 2 is 1.64 bits per heavy atom. The summed E-state index contributed by atoms with van der Waals surface area (Å²) < 4.78 is 1.66. The van der Waals surface area contributed by atoms with E-state index in [4.69, 9.17) is 0 Å². The summed E-state index contributed by atoms with van der Waals surface area (Å²) in [4.78, 5) is 4.61. The first-order valence-electron chi connectivity index (χ1n) is 6.87. The van der Waals surface area contributed by atoms with Gasteiger partial charge in [0.15, 0.2) is 0 Å². The van der Waals surface area contributed by atoms with Gasteiger partial charge in [0.05, 0.1) is 23.1 Å². The molecule has 0 spiro atoms. The number of nitrogens with zero attached hydrogens (tertiary/aromatic N) is 4. The Kier molecular flexibility index (Phi) is 2.83. The zero-order chi connectivity index (χ0) is 14.9. The zero-order valence-electron chi connectivity index (χ0n) is 11.6. The van der Waals surface area contributed by atoms with Gasteiger partial charge in [0.25, 0.3) is 0 Å². The van der Waals surface area contributed by atoms with Gasteiger partial charge >= 0.3 is 0 Å². The van der Waals surface area contributed by atoms with Crippen molar-refractivity contribution in [1.29, 1.82) is 0 Å². The van der Waals surface area contributed by atoms with Gasteiger partial charge in [0.1, 0.15) is 11.4 Å². The number of benzene rings is 2. The molecule has 4 aromatic rings. The predicted molar refractivity (Wildman–Crippen MR) is 83.8 cm³/mol. The molecule has 22 heavy (non-hydrogen) atoms. The molecule has 0 unspecified atom stereocenters. The van der Waals surface area contributed by atoms with Crippen molar-refractivity contribution in [3.05, 3.63) is 66.9 Å². The summed E-state index contributed by atoms with van der Waals surface area (Å²) in [7, 11) is 0. The number of aromatic hydroxyl groups is 1. The second-order valence-electron chi connectivity index (χ2n) is 4.95. The minimum atomic E-state index is 0.222. The van der Waals surface area contributed by atoms with Crippen molar-refractivity contribution in [2.75, 3.05) is 0 Å². The van der Waals surface area contributed by atoms with E-state index in [1.807, 2.05) is 42.6 Å². The summed E-state index contributed by atoms with van der Waals surface area (Å²) in [5.74, 6) is 0.222.